The number of fused-ring (bicyclic) bond motifs is 8. The maximum Gasteiger partial charge on any atom is 0.336 e. The summed E-state index contributed by atoms with van der Waals surface area (Å²) in [5.74, 6) is 2.62. The molecule has 11 rings (SSSR count). The van der Waals surface area contributed by atoms with Crippen LogP contribution in [0.2, 0.25) is 0 Å². The highest BCUT2D eigenvalue weighted by Crippen LogP contribution is 2.69. The van der Waals surface area contributed by atoms with Gasteiger partial charge in [-0.1, -0.05) is 193 Å². The molecule has 0 saturated heterocycles. The first-order valence-corrected chi connectivity index (χ1v) is 35.8. The molecular formula is C85H103ClO10. The number of phenolic OH excluding ortho intramolecular Hbond substituents is 1. The van der Waals surface area contributed by atoms with E-state index in [1.165, 1.54) is 121 Å². The number of carbonyl (C=O) groups excluding carboxylic acids is 3. The number of allylic oxidation sites excluding steroid dienone is 5. The molecule has 2 N–H and O–H groups in total. The zero-order valence-electron chi connectivity index (χ0n) is 58.4. The number of rotatable bonds is 26. The smallest absolute Gasteiger partial charge is 0.336 e. The summed E-state index contributed by atoms with van der Waals surface area (Å²) in [6, 6.07) is 35.1. The van der Waals surface area contributed by atoms with Gasteiger partial charge in [0.2, 0.25) is 5.24 Å². The first-order chi connectivity index (χ1) is 46.1. The lowest BCUT2D eigenvalue weighted by molar-refractivity contribution is -0.140. The number of unbranched alkanes of at least 4 members (excludes halogenated alkanes) is 9. The molecule has 0 aromatic heterocycles. The number of hydrogen-bond acceptors (Lipinski definition) is 10. The van der Waals surface area contributed by atoms with Gasteiger partial charge in [0, 0.05) is 29.4 Å². The van der Waals surface area contributed by atoms with Crippen LogP contribution in [-0.4, -0.2) is 59.4 Å². The minimum Gasteiger partial charge on any atom is -0.508 e. The summed E-state index contributed by atoms with van der Waals surface area (Å²) in [5.41, 5.74) is 12.8. The molecular weight excluding hydrogens is 1220 g/mol. The molecule has 5 aromatic carbocycles. The number of aryl methyl sites for hydroxylation is 1. The molecule has 510 valence electrons. The van der Waals surface area contributed by atoms with Crippen LogP contribution < -0.4 is 18.9 Å². The molecule has 2 saturated carbocycles. The Kier molecular flexibility index (Phi) is 25.0. The summed E-state index contributed by atoms with van der Waals surface area (Å²) >= 11 is 5.22. The van der Waals surface area contributed by atoms with E-state index in [4.69, 9.17) is 35.3 Å². The van der Waals surface area contributed by atoms with Crippen LogP contribution in [0.4, 0.5) is 0 Å². The molecule has 0 bridgehead atoms. The van der Waals surface area contributed by atoms with Crippen LogP contribution in [-0.2, 0) is 41.8 Å². The van der Waals surface area contributed by atoms with E-state index in [-0.39, 0.29) is 45.3 Å². The van der Waals surface area contributed by atoms with Gasteiger partial charge in [0.25, 0.3) is 0 Å². The number of aliphatic hydroxyl groups excluding tert-OH is 1. The Morgan fingerprint density at radius 1 is 0.521 bits per heavy atom. The van der Waals surface area contributed by atoms with Crippen molar-refractivity contribution in [3.63, 3.8) is 0 Å². The van der Waals surface area contributed by atoms with Crippen molar-refractivity contribution in [2.45, 2.75) is 213 Å². The third-order valence-corrected chi connectivity index (χ3v) is 20.6. The number of halogens is 1. The fourth-order valence-electron chi connectivity index (χ4n) is 15.6. The standard InChI is InChI=1S/C49H58O6.C21H26O2.C15H19ClO2/c1-5-7-9-11-31-52-40-21-13-36(14-22-40)17-27-46(50)54-42-25-19-38-29-30-49(44(38)33-42)45-34-43(26-20-39(45)35-48(49,3)4)55-47(51)28-18-37-15-23-41(24-16-37)53-32-12-10-8-6-2;1-19(2)12-21(18-10-15(23)7-8-16(18)19)17-9-14(22)6-5-13(17)11-20(21,3)4;1-2-3-4-5-12-18-14-9-6-13(7-10-14)8-11-15(16)17/h13-25,27-28,33-34,43H,5-12,26,29-32,35H2,1-4H3;5,7-10,14,22-23H,6,11-12H2,1-4H3;6-11H,2-5,12H2,1H3/b27-17+,28-18+;;11-8+/t43-,49-;14-,21+;/m11./s1. The molecule has 2 fully saturated rings. The fraction of sp³-hybridized carbons (Fsp3) is 0.447. The van der Waals surface area contributed by atoms with Gasteiger partial charge >= 0.3 is 11.9 Å². The molecule has 6 aliphatic carbocycles. The number of hydrogen-bond donors (Lipinski definition) is 2. The number of benzene rings is 5. The Morgan fingerprint density at radius 2 is 1.00 bits per heavy atom. The van der Waals surface area contributed by atoms with Gasteiger partial charge < -0.3 is 33.9 Å². The maximum atomic E-state index is 13.0. The molecule has 96 heavy (non-hydrogen) atoms. The van der Waals surface area contributed by atoms with Crippen LogP contribution in [0.1, 0.15) is 217 Å². The monoisotopic (exact) mass is 1320 g/mol. The van der Waals surface area contributed by atoms with Crippen LogP contribution in [0.25, 0.3) is 18.2 Å². The highest BCUT2D eigenvalue weighted by atomic mass is 35.5. The second kappa shape index (κ2) is 33.1. The van der Waals surface area contributed by atoms with E-state index in [1.54, 1.807) is 18.2 Å². The van der Waals surface area contributed by atoms with Crippen molar-refractivity contribution in [2.24, 2.45) is 10.8 Å². The molecule has 0 unspecified atom stereocenters. The Hall–Kier alpha value is -7.66. The molecule has 6 aliphatic rings. The summed E-state index contributed by atoms with van der Waals surface area (Å²) in [6.07, 6.45) is 38.0. The Labute approximate surface area is 577 Å². The van der Waals surface area contributed by atoms with Crippen molar-refractivity contribution in [1.29, 1.82) is 0 Å². The summed E-state index contributed by atoms with van der Waals surface area (Å²) in [7, 11) is 0. The molecule has 4 atom stereocenters. The third-order valence-electron chi connectivity index (χ3n) is 20.5. The summed E-state index contributed by atoms with van der Waals surface area (Å²) in [6.45, 7) is 22.7. The van der Waals surface area contributed by atoms with E-state index >= 15 is 0 Å². The van der Waals surface area contributed by atoms with Gasteiger partial charge in [-0.15, -0.1) is 0 Å². The molecule has 2 spiro atoms. The van der Waals surface area contributed by atoms with Crippen LogP contribution in [0.15, 0.2) is 174 Å². The van der Waals surface area contributed by atoms with Gasteiger partial charge in [-0.3, -0.25) is 4.79 Å². The van der Waals surface area contributed by atoms with Gasteiger partial charge in [0.05, 0.1) is 25.9 Å². The van der Waals surface area contributed by atoms with Crippen molar-refractivity contribution in [2.75, 3.05) is 19.8 Å². The number of phenols is 1. The molecule has 0 heterocycles. The van der Waals surface area contributed by atoms with Crippen LogP contribution in [0, 0.1) is 10.8 Å². The highest BCUT2D eigenvalue weighted by molar-refractivity contribution is 6.66. The summed E-state index contributed by atoms with van der Waals surface area (Å²) in [5, 5.41) is 19.9. The minimum atomic E-state index is -0.466. The number of ether oxygens (including phenoxy) is 5. The molecule has 10 nitrogen and oxygen atoms in total. The SMILES string of the molecule is CC1(C)C[C@]2(C3=C[C@H](O)CC=C3CC2(C)C)c2cc(O)ccc21.CCCCCCOc1ccc(/C=C/C(=O)Cl)cc1.CCCCCCOc1ccc(/C=C/C(=O)Oc2ccc3c(c2)[C@]2(CC3)C3=C[C@H](OC(=O)/C=C/c4ccc(OCCCCCC)cc4)CC=C3CC2(C)C)cc1. The number of esters is 2. The van der Waals surface area contributed by atoms with E-state index in [9.17, 15) is 24.6 Å². The predicted octanol–water partition coefficient (Wildman–Crippen LogP) is 20.5. The average molecular weight is 1320 g/mol. The quantitative estimate of drug-likeness (QED) is 0.0181. The van der Waals surface area contributed by atoms with Crippen LogP contribution in [0.3, 0.4) is 0 Å². The zero-order chi connectivity index (χ0) is 68.5. The molecule has 5 aromatic rings. The first-order valence-electron chi connectivity index (χ1n) is 35.4. The Bertz CT molecular complexity index is 3710. The predicted molar refractivity (Wildman–Crippen MR) is 390 cm³/mol. The van der Waals surface area contributed by atoms with Gasteiger partial charge in [-0.05, 0) is 232 Å². The topological polar surface area (TPSA) is 138 Å². The highest BCUT2D eigenvalue weighted by Gasteiger charge is 2.62. The second-order valence-corrected chi connectivity index (χ2v) is 29.2. The number of aromatic hydroxyl groups is 1. The van der Waals surface area contributed by atoms with E-state index in [2.05, 4.69) is 105 Å². The lowest BCUT2D eigenvalue weighted by atomic mass is 9.61. The van der Waals surface area contributed by atoms with Gasteiger partial charge in [0.15, 0.2) is 0 Å². The molecule has 0 aliphatic heterocycles. The summed E-state index contributed by atoms with van der Waals surface area (Å²) < 4.78 is 29.2. The third kappa shape index (κ3) is 17.7. The van der Waals surface area contributed by atoms with Gasteiger partial charge in [-0.25, -0.2) is 9.59 Å². The lowest BCUT2D eigenvalue weighted by Gasteiger charge is -2.41. The molecule has 0 radical (unpaired) electrons. The van der Waals surface area contributed by atoms with E-state index in [0.717, 1.165) is 105 Å². The van der Waals surface area contributed by atoms with Crippen LogP contribution >= 0.6 is 11.6 Å². The largest absolute Gasteiger partial charge is 0.508 e. The molecule has 11 heteroatoms. The number of carbonyl (C=O) groups is 3. The minimum absolute atomic E-state index is 0.0684. The lowest BCUT2D eigenvalue weighted by Crippen LogP contribution is -2.38. The second-order valence-electron chi connectivity index (χ2n) is 28.8. The fourth-order valence-corrected chi connectivity index (χ4v) is 15.6. The zero-order valence-corrected chi connectivity index (χ0v) is 59.2. The first kappa shape index (κ1) is 72.6. The van der Waals surface area contributed by atoms with E-state index < -0.39 is 11.2 Å². The van der Waals surface area contributed by atoms with Crippen molar-refractivity contribution >= 4 is 47.0 Å². The van der Waals surface area contributed by atoms with Crippen molar-refractivity contribution in [1.82, 2.24) is 0 Å². The van der Waals surface area contributed by atoms with E-state index in [0.29, 0.717) is 24.5 Å². The van der Waals surface area contributed by atoms with Crippen molar-refractivity contribution in [3.8, 4) is 28.7 Å². The summed E-state index contributed by atoms with van der Waals surface area (Å²) in [4.78, 5) is 36.6. The number of aliphatic hydroxyl groups is 1. The van der Waals surface area contributed by atoms with Crippen LogP contribution in [0.5, 0.6) is 28.7 Å². The van der Waals surface area contributed by atoms with E-state index in [1.807, 2.05) is 91.0 Å². The Balaban J connectivity index is 0.000000213. The maximum absolute atomic E-state index is 13.0. The molecule has 0 amide bonds. The van der Waals surface area contributed by atoms with Gasteiger partial charge in [0.1, 0.15) is 34.9 Å². The normalized spacial score (nSPS) is 21.2. The van der Waals surface area contributed by atoms with Gasteiger partial charge in [-0.2, -0.15) is 0 Å². The Morgan fingerprint density at radius 3 is 1.52 bits per heavy atom. The average Bonchev–Trinajstić information content (AvgIpc) is 1.53. The van der Waals surface area contributed by atoms with Crippen molar-refractivity contribution in [3.05, 3.63) is 213 Å². The van der Waals surface area contributed by atoms with Crippen molar-refractivity contribution < 1.29 is 48.3 Å².